The first-order valence-electron chi connectivity index (χ1n) is 13.3. The molecule has 4 nitrogen and oxygen atoms in total. The van der Waals surface area contributed by atoms with E-state index in [-0.39, 0.29) is 6.42 Å². The highest BCUT2D eigenvalue weighted by Crippen LogP contribution is 2.30. The fourth-order valence-electron chi connectivity index (χ4n) is 3.87. The summed E-state index contributed by atoms with van der Waals surface area (Å²) in [6.45, 7) is 2.28. The normalized spacial score (nSPS) is 12.2. The minimum atomic E-state index is -1.05. The maximum atomic E-state index is 11.0. The van der Waals surface area contributed by atoms with Crippen molar-refractivity contribution in [3.8, 4) is 0 Å². The first-order valence-corrected chi connectivity index (χ1v) is 15.7. The van der Waals surface area contributed by atoms with Crippen molar-refractivity contribution in [3.05, 3.63) is 0 Å². The third-order valence-electron chi connectivity index (χ3n) is 5.90. The molecular weight excluding hydrogens is 440 g/mol. The van der Waals surface area contributed by atoms with Crippen LogP contribution < -0.4 is 0 Å². The van der Waals surface area contributed by atoms with Gasteiger partial charge in [0.2, 0.25) is 0 Å². The molecule has 0 radical (unpaired) electrons. The smallest absolute Gasteiger partial charge is 0.318 e. The Kier molecular flexibility index (Phi) is 25.0. The van der Waals surface area contributed by atoms with Crippen LogP contribution in [0.1, 0.15) is 142 Å². The quantitative estimate of drug-likeness (QED) is 0.0930. The molecule has 2 N–H and O–H groups in total. The largest absolute Gasteiger partial charge is 0.481 e. The molecular formula is C26H50O4S2. The zero-order valence-corrected chi connectivity index (χ0v) is 22.3. The van der Waals surface area contributed by atoms with Crippen molar-refractivity contribution >= 4 is 33.5 Å². The second kappa shape index (κ2) is 25.3. The summed E-state index contributed by atoms with van der Waals surface area (Å²) < 4.78 is 0. The molecule has 0 aromatic carbocycles. The number of hydrogen-bond donors (Lipinski definition) is 2. The Balaban J connectivity index is 3.19. The first-order chi connectivity index (χ1) is 15.6. The molecule has 0 aliphatic heterocycles. The van der Waals surface area contributed by atoms with Gasteiger partial charge in [-0.15, -0.1) is 0 Å². The van der Waals surface area contributed by atoms with E-state index in [0.717, 1.165) is 12.2 Å². The molecule has 0 fully saturated rings. The number of carbonyl (C=O) groups is 2. The highest BCUT2D eigenvalue weighted by Gasteiger charge is 2.21. The van der Waals surface area contributed by atoms with Gasteiger partial charge in [0.25, 0.3) is 0 Å². The zero-order valence-electron chi connectivity index (χ0n) is 20.7. The predicted molar refractivity (Wildman–Crippen MR) is 142 cm³/mol. The second-order valence-corrected chi connectivity index (χ2v) is 11.8. The van der Waals surface area contributed by atoms with Crippen LogP contribution in [0, 0.1) is 0 Å². The van der Waals surface area contributed by atoms with E-state index >= 15 is 0 Å². The fraction of sp³-hybridized carbons (Fsp3) is 0.923. The topological polar surface area (TPSA) is 74.6 Å². The summed E-state index contributed by atoms with van der Waals surface area (Å²) in [6.07, 6.45) is 27.1. The van der Waals surface area contributed by atoms with Crippen molar-refractivity contribution in [2.75, 3.05) is 5.75 Å². The summed E-state index contributed by atoms with van der Waals surface area (Å²) >= 11 is 0. The van der Waals surface area contributed by atoms with Gasteiger partial charge in [-0.25, -0.2) is 0 Å². The van der Waals surface area contributed by atoms with Crippen LogP contribution in [0.3, 0.4) is 0 Å². The minimum Gasteiger partial charge on any atom is -0.481 e. The van der Waals surface area contributed by atoms with Gasteiger partial charge in [-0.05, 0) is 6.42 Å². The maximum absolute atomic E-state index is 11.0. The standard InChI is InChI=1S/C26H50O4S2/c1-2-3-4-5-6-7-8-9-10-11-12-13-14-15-16-17-18-19-20-21-22-31-32-24(26(29)30)23-25(27)28/h24H,2-23H2,1H3,(H,27,28)(H,29,30). The van der Waals surface area contributed by atoms with E-state index < -0.39 is 17.2 Å². The highest BCUT2D eigenvalue weighted by atomic mass is 33.1. The van der Waals surface area contributed by atoms with Gasteiger partial charge in [0.1, 0.15) is 5.25 Å². The molecule has 190 valence electrons. The average Bonchev–Trinajstić information content (AvgIpc) is 2.76. The molecule has 0 heterocycles. The van der Waals surface area contributed by atoms with Crippen LogP contribution in [0.2, 0.25) is 0 Å². The average molecular weight is 491 g/mol. The third-order valence-corrected chi connectivity index (χ3v) is 8.70. The fourth-order valence-corrected chi connectivity index (χ4v) is 6.33. The van der Waals surface area contributed by atoms with Crippen molar-refractivity contribution < 1.29 is 19.8 Å². The van der Waals surface area contributed by atoms with Gasteiger partial charge in [0.15, 0.2) is 0 Å². The number of rotatable bonds is 26. The van der Waals surface area contributed by atoms with Crippen LogP contribution in [-0.4, -0.2) is 33.2 Å². The molecule has 0 bridgehead atoms. The van der Waals surface area contributed by atoms with Crippen LogP contribution in [-0.2, 0) is 9.59 Å². The summed E-state index contributed by atoms with van der Waals surface area (Å²) in [5.41, 5.74) is 0. The lowest BCUT2D eigenvalue weighted by atomic mass is 10.0. The van der Waals surface area contributed by atoms with Gasteiger partial charge < -0.3 is 10.2 Å². The van der Waals surface area contributed by atoms with E-state index in [1.165, 1.54) is 144 Å². The van der Waals surface area contributed by atoms with Crippen molar-refractivity contribution in [2.45, 2.75) is 147 Å². The Morgan fingerprint density at radius 2 is 0.938 bits per heavy atom. The molecule has 0 aromatic heterocycles. The van der Waals surface area contributed by atoms with Crippen LogP contribution in [0.5, 0.6) is 0 Å². The van der Waals surface area contributed by atoms with Gasteiger partial charge >= 0.3 is 11.9 Å². The van der Waals surface area contributed by atoms with Crippen LogP contribution in [0.25, 0.3) is 0 Å². The Morgan fingerprint density at radius 3 is 1.25 bits per heavy atom. The SMILES string of the molecule is CCCCCCCCCCCCCCCCCCCCCCSSC(CC(=O)O)C(=O)O. The lowest BCUT2D eigenvalue weighted by molar-refractivity contribution is -0.142. The number of unbranched alkanes of at least 4 members (excludes halogenated alkanes) is 19. The molecule has 0 rings (SSSR count). The van der Waals surface area contributed by atoms with E-state index in [1.807, 2.05) is 0 Å². The van der Waals surface area contributed by atoms with Gasteiger partial charge in [-0.1, -0.05) is 151 Å². The van der Waals surface area contributed by atoms with Crippen molar-refractivity contribution in [3.63, 3.8) is 0 Å². The zero-order chi connectivity index (χ0) is 23.7. The van der Waals surface area contributed by atoms with Gasteiger partial charge in [0, 0.05) is 5.75 Å². The second-order valence-electron chi connectivity index (χ2n) is 9.06. The Labute approximate surface area is 205 Å². The lowest BCUT2D eigenvalue weighted by Crippen LogP contribution is -2.19. The molecule has 0 aromatic rings. The molecule has 0 amide bonds. The van der Waals surface area contributed by atoms with E-state index in [2.05, 4.69) is 6.92 Å². The van der Waals surface area contributed by atoms with Gasteiger partial charge in [-0.3, -0.25) is 9.59 Å². The molecule has 1 atom stereocenters. The Bertz CT molecular complexity index is 432. The van der Waals surface area contributed by atoms with Crippen LogP contribution in [0.4, 0.5) is 0 Å². The predicted octanol–water partition coefficient (Wildman–Crippen LogP) is 9.12. The van der Waals surface area contributed by atoms with Gasteiger partial charge in [-0.2, -0.15) is 0 Å². The maximum Gasteiger partial charge on any atom is 0.318 e. The molecule has 0 saturated carbocycles. The molecule has 6 heteroatoms. The van der Waals surface area contributed by atoms with E-state index in [9.17, 15) is 9.59 Å². The van der Waals surface area contributed by atoms with E-state index in [1.54, 1.807) is 0 Å². The molecule has 0 aliphatic carbocycles. The van der Waals surface area contributed by atoms with Crippen LogP contribution in [0.15, 0.2) is 0 Å². The number of hydrogen-bond acceptors (Lipinski definition) is 4. The van der Waals surface area contributed by atoms with Gasteiger partial charge in [0.05, 0.1) is 6.42 Å². The summed E-state index contributed by atoms with van der Waals surface area (Å²) in [5.74, 6) is -1.19. The third kappa shape index (κ3) is 24.3. The van der Waals surface area contributed by atoms with Crippen molar-refractivity contribution in [2.24, 2.45) is 0 Å². The van der Waals surface area contributed by atoms with Crippen molar-refractivity contribution in [1.29, 1.82) is 0 Å². The summed E-state index contributed by atoms with van der Waals surface area (Å²) in [6, 6.07) is 0. The molecule has 1 unspecified atom stereocenters. The monoisotopic (exact) mass is 490 g/mol. The summed E-state index contributed by atoms with van der Waals surface area (Å²) in [4.78, 5) is 21.6. The number of aliphatic carboxylic acids is 2. The number of carboxylic acid groups (broad SMARTS) is 2. The lowest BCUT2D eigenvalue weighted by Gasteiger charge is -2.08. The Hall–Kier alpha value is -0.360. The van der Waals surface area contributed by atoms with E-state index in [4.69, 9.17) is 10.2 Å². The van der Waals surface area contributed by atoms with Crippen LogP contribution >= 0.6 is 21.6 Å². The molecule has 0 aliphatic rings. The number of carboxylic acids is 2. The molecule has 0 saturated heterocycles. The van der Waals surface area contributed by atoms with Crippen molar-refractivity contribution in [1.82, 2.24) is 0 Å². The molecule has 0 spiro atoms. The van der Waals surface area contributed by atoms with E-state index in [0.29, 0.717) is 0 Å². The Morgan fingerprint density at radius 1 is 0.594 bits per heavy atom. The first kappa shape index (κ1) is 31.6. The summed E-state index contributed by atoms with van der Waals surface area (Å²) in [7, 11) is 2.68. The summed E-state index contributed by atoms with van der Waals surface area (Å²) in [5, 5.41) is 16.9. The minimum absolute atomic E-state index is 0.313. The highest BCUT2D eigenvalue weighted by molar-refractivity contribution is 8.77. The molecule has 32 heavy (non-hydrogen) atoms.